The molecule has 1 aliphatic heterocycles. The predicted octanol–water partition coefficient (Wildman–Crippen LogP) is 10.3. The SMILES string of the molecule is Clc1ccc([C@@H]2O[C@H](COCc3ccccc3)[C@@H](OCc3ccccc3)[C@H](OCc3ccccc3)[C@H]2OCc2ccccc2)cc1Cc1ncc(-c2nncs2)s1. The lowest BCUT2D eigenvalue weighted by atomic mass is 9.89. The molecule has 3 heterocycles. The molecule has 290 valence electrons. The summed E-state index contributed by atoms with van der Waals surface area (Å²) in [6, 6.07) is 46.7. The molecule has 5 aromatic carbocycles. The highest BCUT2D eigenvalue weighted by Crippen LogP contribution is 2.40. The summed E-state index contributed by atoms with van der Waals surface area (Å²) in [5.41, 5.74) is 7.78. The zero-order valence-electron chi connectivity index (χ0n) is 31.1. The Kier molecular flexibility index (Phi) is 13.5. The van der Waals surface area contributed by atoms with Gasteiger partial charge in [-0.3, -0.25) is 0 Å². The van der Waals surface area contributed by atoms with Crippen molar-refractivity contribution >= 4 is 34.3 Å². The van der Waals surface area contributed by atoms with Gasteiger partial charge in [-0.1, -0.05) is 156 Å². The summed E-state index contributed by atoms with van der Waals surface area (Å²) in [6.07, 6.45) is -0.332. The standard InChI is InChI=1S/C46H42ClN3O5S2/c47-38-22-21-36(23-37(38)24-41-48-25-40(57-41)46-50-49-31-56-46)42-44(53-28-34-17-9-3-10-18-34)45(54-29-35-19-11-4-12-20-35)43(52-27-33-15-7-2-8-16-33)39(55-42)30-51-26-32-13-5-1-6-14-32/h1-23,25,31,39,42-45H,24,26-30H2/t39-,42+,43-,44+,45+/m1/s1. The molecule has 7 aromatic rings. The van der Waals surface area contributed by atoms with Crippen LogP contribution in [0, 0.1) is 0 Å². The first-order chi connectivity index (χ1) is 28.2. The second-order valence-corrected chi connectivity index (χ2v) is 16.1. The summed E-state index contributed by atoms with van der Waals surface area (Å²) in [6.45, 7) is 1.78. The first-order valence-corrected chi connectivity index (χ1v) is 21.0. The van der Waals surface area contributed by atoms with Crippen molar-refractivity contribution in [1.29, 1.82) is 0 Å². The molecule has 0 aliphatic carbocycles. The number of halogens is 1. The van der Waals surface area contributed by atoms with Crippen molar-refractivity contribution in [2.45, 2.75) is 63.4 Å². The third-order valence-electron chi connectivity index (χ3n) is 9.75. The predicted molar refractivity (Wildman–Crippen MR) is 224 cm³/mol. The van der Waals surface area contributed by atoms with Gasteiger partial charge < -0.3 is 23.7 Å². The number of nitrogens with zero attached hydrogens (tertiary/aromatic N) is 3. The number of rotatable bonds is 17. The topological polar surface area (TPSA) is 84.8 Å². The molecule has 1 fully saturated rings. The molecular formula is C46H42ClN3O5S2. The fourth-order valence-electron chi connectivity index (χ4n) is 6.90. The summed E-state index contributed by atoms with van der Waals surface area (Å²) in [5, 5.41) is 10.6. The number of aromatic nitrogens is 3. The van der Waals surface area contributed by atoms with E-state index in [4.69, 9.17) is 40.3 Å². The second-order valence-electron chi connectivity index (χ2n) is 13.8. The average Bonchev–Trinajstić information content (AvgIpc) is 3.97. The monoisotopic (exact) mass is 815 g/mol. The molecule has 5 atom stereocenters. The third kappa shape index (κ3) is 10.5. The van der Waals surface area contributed by atoms with Crippen molar-refractivity contribution < 1.29 is 23.7 Å². The lowest BCUT2D eigenvalue weighted by molar-refractivity contribution is -0.275. The Morgan fingerprint density at radius 3 is 1.77 bits per heavy atom. The summed E-state index contributed by atoms with van der Waals surface area (Å²) >= 11 is 9.99. The Balaban J connectivity index is 1.15. The molecule has 0 radical (unpaired) electrons. The van der Waals surface area contributed by atoms with Crippen LogP contribution >= 0.6 is 34.3 Å². The maximum Gasteiger partial charge on any atom is 0.159 e. The molecular weight excluding hydrogens is 774 g/mol. The van der Waals surface area contributed by atoms with Gasteiger partial charge in [0.05, 0.1) is 42.9 Å². The van der Waals surface area contributed by atoms with Crippen LogP contribution in [-0.2, 0) is 56.5 Å². The summed E-state index contributed by atoms with van der Waals surface area (Å²) < 4.78 is 34.4. The number of thiazole rings is 1. The largest absolute Gasteiger partial charge is 0.374 e. The van der Waals surface area contributed by atoms with E-state index in [0.717, 1.165) is 48.3 Å². The fourth-order valence-corrected chi connectivity index (χ4v) is 8.63. The van der Waals surface area contributed by atoms with Gasteiger partial charge in [-0.05, 0) is 39.4 Å². The van der Waals surface area contributed by atoms with Gasteiger partial charge in [0.1, 0.15) is 36.0 Å². The molecule has 0 saturated carbocycles. The third-order valence-corrected chi connectivity index (χ3v) is 12.0. The van der Waals surface area contributed by atoms with E-state index in [2.05, 4.69) is 64.8 Å². The molecule has 8 nitrogen and oxygen atoms in total. The maximum atomic E-state index is 7.17. The van der Waals surface area contributed by atoms with Gasteiger partial charge >= 0.3 is 0 Å². The van der Waals surface area contributed by atoms with E-state index in [1.807, 2.05) is 91.1 Å². The molecule has 0 spiro atoms. The van der Waals surface area contributed by atoms with Crippen LogP contribution in [0.2, 0.25) is 5.02 Å². The van der Waals surface area contributed by atoms with Gasteiger partial charge in [0, 0.05) is 17.6 Å². The minimum Gasteiger partial charge on any atom is -0.374 e. The smallest absolute Gasteiger partial charge is 0.159 e. The number of hydrogen-bond donors (Lipinski definition) is 0. The van der Waals surface area contributed by atoms with Crippen molar-refractivity contribution in [3.63, 3.8) is 0 Å². The first-order valence-electron chi connectivity index (χ1n) is 18.9. The van der Waals surface area contributed by atoms with Crippen molar-refractivity contribution in [2.24, 2.45) is 0 Å². The fraction of sp³-hybridized carbons (Fsp3) is 0.239. The number of hydrogen-bond acceptors (Lipinski definition) is 10. The highest BCUT2D eigenvalue weighted by atomic mass is 35.5. The van der Waals surface area contributed by atoms with Gasteiger partial charge in [-0.25, -0.2) is 4.98 Å². The minimum atomic E-state index is -0.571. The first kappa shape index (κ1) is 39.2. The van der Waals surface area contributed by atoms with E-state index in [0.29, 0.717) is 37.9 Å². The van der Waals surface area contributed by atoms with E-state index < -0.39 is 30.5 Å². The normalized spacial score (nSPS) is 19.4. The van der Waals surface area contributed by atoms with Crippen molar-refractivity contribution in [2.75, 3.05) is 6.61 Å². The number of ether oxygens (including phenoxy) is 5. The molecule has 1 aliphatic rings. The molecule has 57 heavy (non-hydrogen) atoms. The van der Waals surface area contributed by atoms with E-state index in [-0.39, 0.29) is 6.61 Å². The van der Waals surface area contributed by atoms with Gasteiger partial charge in [-0.2, -0.15) is 0 Å². The Morgan fingerprint density at radius 1 is 0.632 bits per heavy atom. The van der Waals surface area contributed by atoms with Gasteiger partial charge in [0.2, 0.25) is 0 Å². The number of benzene rings is 5. The van der Waals surface area contributed by atoms with Gasteiger partial charge in [0.15, 0.2) is 5.01 Å². The average molecular weight is 816 g/mol. The minimum absolute atomic E-state index is 0.273. The second kappa shape index (κ2) is 19.7. The van der Waals surface area contributed by atoms with Crippen LogP contribution < -0.4 is 0 Å². The van der Waals surface area contributed by atoms with Crippen molar-refractivity contribution in [3.05, 3.63) is 195 Å². The summed E-state index contributed by atoms with van der Waals surface area (Å²) in [4.78, 5) is 5.68. The lowest BCUT2D eigenvalue weighted by Crippen LogP contribution is -2.58. The van der Waals surface area contributed by atoms with Crippen LogP contribution in [0.4, 0.5) is 0 Å². The lowest BCUT2D eigenvalue weighted by Gasteiger charge is -2.46. The molecule has 0 amide bonds. The molecule has 8 rings (SSSR count). The zero-order chi connectivity index (χ0) is 38.7. The zero-order valence-corrected chi connectivity index (χ0v) is 33.5. The van der Waals surface area contributed by atoms with E-state index in [1.54, 1.807) is 16.8 Å². The maximum absolute atomic E-state index is 7.17. The Labute approximate surface area is 346 Å². The van der Waals surface area contributed by atoms with E-state index in [1.165, 1.54) is 11.3 Å². The van der Waals surface area contributed by atoms with Crippen LogP contribution in [0.15, 0.2) is 151 Å². The molecule has 2 aromatic heterocycles. The van der Waals surface area contributed by atoms with Gasteiger partial charge in [0.25, 0.3) is 0 Å². The van der Waals surface area contributed by atoms with Gasteiger partial charge in [-0.15, -0.1) is 21.5 Å². The molecule has 1 saturated heterocycles. The molecule has 0 bridgehead atoms. The van der Waals surface area contributed by atoms with E-state index in [9.17, 15) is 0 Å². The Hall–Kier alpha value is -4.62. The molecule has 11 heteroatoms. The Bertz CT molecular complexity index is 2250. The van der Waals surface area contributed by atoms with Crippen LogP contribution in [-0.4, -0.2) is 46.2 Å². The van der Waals surface area contributed by atoms with Crippen molar-refractivity contribution in [1.82, 2.24) is 15.2 Å². The highest BCUT2D eigenvalue weighted by Gasteiger charge is 2.49. The highest BCUT2D eigenvalue weighted by molar-refractivity contribution is 7.20. The molecule has 0 unspecified atom stereocenters. The summed E-state index contributed by atoms with van der Waals surface area (Å²) in [5.74, 6) is 0. The summed E-state index contributed by atoms with van der Waals surface area (Å²) in [7, 11) is 0. The Morgan fingerprint density at radius 2 is 1.19 bits per heavy atom. The molecule has 0 N–H and O–H groups in total. The van der Waals surface area contributed by atoms with Crippen LogP contribution in [0.5, 0.6) is 0 Å². The van der Waals surface area contributed by atoms with Crippen LogP contribution in [0.3, 0.4) is 0 Å². The quantitative estimate of drug-likeness (QED) is 0.0899. The van der Waals surface area contributed by atoms with E-state index >= 15 is 0 Å². The van der Waals surface area contributed by atoms with Crippen molar-refractivity contribution in [3.8, 4) is 9.88 Å². The van der Waals surface area contributed by atoms with Crippen LogP contribution in [0.25, 0.3) is 9.88 Å². The van der Waals surface area contributed by atoms with Crippen LogP contribution in [0.1, 0.15) is 44.5 Å².